The Hall–Kier alpha value is -2.00. The van der Waals surface area contributed by atoms with Gasteiger partial charge in [-0.05, 0) is 40.8 Å². The third-order valence-corrected chi connectivity index (χ3v) is 4.83. The van der Waals surface area contributed by atoms with E-state index < -0.39 is 0 Å². The van der Waals surface area contributed by atoms with Gasteiger partial charge in [-0.15, -0.1) is 0 Å². The van der Waals surface area contributed by atoms with E-state index in [-0.39, 0.29) is 0 Å². The highest BCUT2D eigenvalue weighted by atomic mass is 79.9. The molecular weight excluding hydrogens is 324 g/mol. The predicted molar refractivity (Wildman–Crippen MR) is 92.4 cm³/mol. The monoisotopic (exact) mass is 338 g/mol. The molecule has 1 heterocycles. The van der Waals surface area contributed by atoms with Gasteiger partial charge < -0.3 is 10.6 Å². The molecule has 0 atom stereocenters. The number of nitrogens with zero attached hydrogens (tertiary/aromatic N) is 1. The quantitative estimate of drug-likeness (QED) is 0.651. The predicted octanol–water partition coefficient (Wildman–Crippen LogP) is 4.70. The van der Waals surface area contributed by atoms with E-state index >= 15 is 0 Å². The number of nitrogen functional groups attached to an aromatic ring is 1. The van der Waals surface area contributed by atoms with Gasteiger partial charge in [0.2, 0.25) is 0 Å². The SMILES string of the molecule is Nc1ccc2c(c1)CN(c1ccc(Br)c3ccccc13)C2. The van der Waals surface area contributed by atoms with Crippen LogP contribution in [-0.2, 0) is 13.1 Å². The lowest BCUT2D eigenvalue weighted by Gasteiger charge is -2.20. The molecule has 104 valence electrons. The van der Waals surface area contributed by atoms with E-state index in [4.69, 9.17) is 5.73 Å². The highest BCUT2D eigenvalue weighted by molar-refractivity contribution is 9.10. The van der Waals surface area contributed by atoms with Crippen LogP contribution in [0.3, 0.4) is 0 Å². The Labute approximate surface area is 132 Å². The Morgan fingerprint density at radius 1 is 0.857 bits per heavy atom. The van der Waals surface area contributed by atoms with Crippen LogP contribution in [0.1, 0.15) is 11.1 Å². The van der Waals surface area contributed by atoms with Gasteiger partial charge >= 0.3 is 0 Å². The Morgan fingerprint density at radius 2 is 1.62 bits per heavy atom. The third-order valence-electron chi connectivity index (χ3n) is 4.14. The minimum atomic E-state index is 0.844. The average Bonchev–Trinajstić information content (AvgIpc) is 2.90. The zero-order chi connectivity index (χ0) is 14.4. The van der Waals surface area contributed by atoms with E-state index in [2.05, 4.69) is 69.4 Å². The fraction of sp³-hybridized carbons (Fsp3) is 0.111. The fourth-order valence-corrected chi connectivity index (χ4v) is 3.58. The van der Waals surface area contributed by atoms with Crippen LogP contribution in [0.25, 0.3) is 10.8 Å². The second kappa shape index (κ2) is 4.78. The first-order chi connectivity index (χ1) is 10.2. The van der Waals surface area contributed by atoms with Crippen LogP contribution < -0.4 is 10.6 Å². The van der Waals surface area contributed by atoms with E-state index in [0.717, 1.165) is 23.2 Å². The lowest BCUT2D eigenvalue weighted by molar-refractivity contribution is 0.885. The Balaban J connectivity index is 1.81. The van der Waals surface area contributed by atoms with E-state index in [1.165, 1.54) is 27.6 Å². The molecule has 0 amide bonds. The summed E-state index contributed by atoms with van der Waals surface area (Å²) >= 11 is 3.64. The van der Waals surface area contributed by atoms with Crippen molar-refractivity contribution in [2.45, 2.75) is 13.1 Å². The molecule has 0 bridgehead atoms. The molecule has 0 unspecified atom stereocenters. The molecule has 0 aliphatic carbocycles. The summed E-state index contributed by atoms with van der Waals surface area (Å²) in [6.45, 7) is 1.87. The highest BCUT2D eigenvalue weighted by Gasteiger charge is 2.21. The molecule has 3 heteroatoms. The number of anilines is 2. The van der Waals surface area contributed by atoms with E-state index in [9.17, 15) is 0 Å². The fourth-order valence-electron chi connectivity index (χ4n) is 3.11. The van der Waals surface area contributed by atoms with Gasteiger partial charge in [-0.1, -0.05) is 46.3 Å². The number of hydrogen-bond donors (Lipinski definition) is 1. The van der Waals surface area contributed by atoms with Gasteiger partial charge in [0, 0.05) is 34.3 Å². The number of rotatable bonds is 1. The van der Waals surface area contributed by atoms with Crippen molar-refractivity contribution in [2.75, 3.05) is 10.6 Å². The van der Waals surface area contributed by atoms with Crippen molar-refractivity contribution < 1.29 is 0 Å². The van der Waals surface area contributed by atoms with Crippen molar-refractivity contribution in [1.82, 2.24) is 0 Å². The third kappa shape index (κ3) is 2.09. The topological polar surface area (TPSA) is 29.3 Å². The second-order valence-corrected chi connectivity index (χ2v) is 6.35. The van der Waals surface area contributed by atoms with Crippen LogP contribution in [0, 0.1) is 0 Å². The molecule has 21 heavy (non-hydrogen) atoms. The summed E-state index contributed by atoms with van der Waals surface area (Å²) < 4.78 is 1.14. The molecule has 0 radical (unpaired) electrons. The molecule has 0 aromatic heterocycles. The van der Waals surface area contributed by atoms with Gasteiger partial charge in [0.1, 0.15) is 0 Å². The van der Waals surface area contributed by atoms with Gasteiger partial charge in [-0.2, -0.15) is 0 Å². The van der Waals surface area contributed by atoms with E-state index in [1.807, 2.05) is 6.07 Å². The molecule has 2 N–H and O–H groups in total. The standard InChI is InChI=1S/C18H15BrN2/c19-17-7-8-18(16-4-2-1-3-15(16)17)21-10-12-5-6-14(20)9-13(12)11-21/h1-9H,10-11,20H2. The van der Waals surface area contributed by atoms with Crippen molar-refractivity contribution in [3.8, 4) is 0 Å². The van der Waals surface area contributed by atoms with Crippen LogP contribution in [0.5, 0.6) is 0 Å². The summed E-state index contributed by atoms with van der Waals surface area (Å²) in [6, 6.07) is 19.1. The molecule has 4 rings (SSSR count). The number of fused-ring (bicyclic) bond motifs is 2. The van der Waals surface area contributed by atoms with Gasteiger partial charge in [0.15, 0.2) is 0 Å². The number of hydrogen-bond acceptors (Lipinski definition) is 2. The largest absolute Gasteiger partial charge is 0.399 e. The summed E-state index contributed by atoms with van der Waals surface area (Å²) in [5.74, 6) is 0. The molecule has 3 aromatic rings. The van der Waals surface area contributed by atoms with Crippen LogP contribution in [-0.4, -0.2) is 0 Å². The van der Waals surface area contributed by atoms with Crippen molar-refractivity contribution >= 4 is 38.1 Å². The normalized spacial score (nSPS) is 13.7. The zero-order valence-corrected chi connectivity index (χ0v) is 13.1. The summed E-state index contributed by atoms with van der Waals surface area (Å²) in [4.78, 5) is 2.42. The first-order valence-electron chi connectivity index (χ1n) is 7.02. The van der Waals surface area contributed by atoms with Crippen LogP contribution >= 0.6 is 15.9 Å². The average molecular weight is 339 g/mol. The maximum Gasteiger partial charge on any atom is 0.0452 e. The summed E-state index contributed by atoms with van der Waals surface area (Å²) in [5.41, 5.74) is 10.7. The Kier molecular flexibility index (Phi) is 2.89. The van der Waals surface area contributed by atoms with Crippen LogP contribution in [0.15, 0.2) is 59.1 Å². The molecule has 1 aliphatic heterocycles. The van der Waals surface area contributed by atoms with Gasteiger partial charge in [-0.3, -0.25) is 0 Å². The van der Waals surface area contributed by atoms with Crippen molar-refractivity contribution in [3.05, 3.63) is 70.2 Å². The highest BCUT2D eigenvalue weighted by Crippen LogP contribution is 2.36. The van der Waals surface area contributed by atoms with Crippen LogP contribution in [0.2, 0.25) is 0 Å². The number of benzene rings is 3. The van der Waals surface area contributed by atoms with Crippen LogP contribution in [0.4, 0.5) is 11.4 Å². The molecule has 0 saturated heterocycles. The number of halogens is 1. The molecule has 0 spiro atoms. The molecule has 0 fully saturated rings. The Bertz CT molecular complexity index is 842. The first-order valence-corrected chi connectivity index (χ1v) is 7.81. The Morgan fingerprint density at radius 3 is 2.48 bits per heavy atom. The van der Waals surface area contributed by atoms with Crippen molar-refractivity contribution in [2.24, 2.45) is 0 Å². The maximum absolute atomic E-state index is 5.90. The molecule has 3 aromatic carbocycles. The summed E-state index contributed by atoms with van der Waals surface area (Å²) in [5, 5.41) is 2.54. The minimum Gasteiger partial charge on any atom is -0.399 e. The molecule has 1 aliphatic rings. The van der Waals surface area contributed by atoms with E-state index in [0.29, 0.717) is 0 Å². The zero-order valence-electron chi connectivity index (χ0n) is 11.5. The number of nitrogens with two attached hydrogens (primary N) is 1. The lowest BCUT2D eigenvalue weighted by Crippen LogP contribution is -2.14. The van der Waals surface area contributed by atoms with Crippen molar-refractivity contribution in [1.29, 1.82) is 0 Å². The van der Waals surface area contributed by atoms with Gasteiger partial charge in [0.05, 0.1) is 0 Å². The molecule has 0 saturated carbocycles. The van der Waals surface area contributed by atoms with Gasteiger partial charge in [0.25, 0.3) is 0 Å². The van der Waals surface area contributed by atoms with Crippen molar-refractivity contribution in [3.63, 3.8) is 0 Å². The molecular formula is C18H15BrN2. The first kappa shape index (κ1) is 12.7. The lowest BCUT2D eigenvalue weighted by atomic mass is 10.1. The smallest absolute Gasteiger partial charge is 0.0452 e. The summed E-state index contributed by atoms with van der Waals surface area (Å²) in [7, 11) is 0. The maximum atomic E-state index is 5.90. The second-order valence-electron chi connectivity index (χ2n) is 5.50. The minimum absolute atomic E-state index is 0.844. The summed E-state index contributed by atoms with van der Waals surface area (Å²) in [6.07, 6.45) is 0. The van der Waals surface area contributed by atoms with E-state index in [1.54, 1.807) is 0 Å². The van der Waals surface area contributed by atoms with Gasteiger partial charge in [-0.25, -0.2) is 0 Å². The molecule has 2 nitrogen and oxygen atoms in total.